The van der Waals surface area contributed by atoms with Gasteiger partial charge < -0.3 is 9.15 Å². The lowest BCUT2D eigenvalue weighted by molar-refractivity contribution is 0.00247. The standard InChI is InChI=1S/C12H22N2O2/c1-4-15-12(9(2)3)11(14-13)8-10-6-5-7-16-10/h5-7,9,11-12,14H,4,8,13H2,1-3H3. The molecule has 0 bridgehead atoms. The van der Waals surface area contributed by atoms with Crippen molar-refractivity contribution in [1.29, 1.82) is 0 Å². The molecule has 0 saturated carbocycles. The van der Waals surface area contributed by atoms with Crippen LogP contribution in [0.4, 0.5) is 0 Å². The minimum Gasteiger partial charge on any atom is -0.469 e. The fraction of sp³-hybridized carbons (Fsp3) is 0.667. The molecule has 0 saturated heterocycles. The minimum absolute atomic E-state index is 0.0751. The van der Waals surface area contributed by atoms with Crippen molar-refractivity contribution in [3.8, 4) is 0 Å². The summed E-state index contributed by atoms with van der Waals surface area (Å²) in [4.78, 5) is 0. The van der Waals surface area contributed by atoms with E-state index in [-0.39, 0.29) is 12.1 Å². The highest BCUT2D eigenvalue weighted by Gasteiger charge is 2.25. The Balaban J connectivity index is 2.63. The SMILES string of the molecule is CCOC(C(C)C)C(Cc1ccco1)NN. The minimum atomic E-state index is 0.0751. The molecule has 0 aliphatic rings. The number of hydrogen-bond donors (Lipinski definition) is 2. The Labute approximate surface area is 97.1 Å². The molecule has 1 heterocycles. The zero-order valence-electron chi connectivity index (χ0n) is 10.3. The number of furan rings is 1. The number of rotatable bonds is 7. The van der Waals surface area contributed by atoms with Gasteiger partial charge in [0.15, 0.2) is 0 Å². The topological polar surface area (TPSA) is 60.4 Å². The summed E-state index contributed by atoms with van der Waals surface area (Å²) in [5.41, 5.74) is 2.82. The average Bonchev–Trinajstić information content (AvgIpc) is 2.75. The van der Waals surface area contributed by atoms with Crippen molar-refractivity contribution in [1.82, 2.24) is 5.43 Å². The van der Waals surface area contributed by atoms with Crippen LogP contribution in [0.2, 0.25) is 0 Å². The van der Waals surface area contributed by atoms with Gasteiger partial charge in [-0.25, -0.2) is 0 Å². The molecule has 2 unspecified atom stereocenters. The van der Waals surface area contributed by atoms with Crippen LogP contribution in [0.25, 0.3) is 0 Å². The molecule has 4 heteroatoms. The molecule has 0 aliphatic carbocycles. The first-order valence-corrected chi connectivity index (χ1v) is 5.79. The largest absolute Gasteiger partial charge is 0.469 e. The number of nitrogens with one attached hydrogen (secondary N) is 1. The monoisotopic (exact) mass is 226 g/mol. The van der Waals surface area contributed by atoms with Gasteiger partial charge in [-0.3, -0.25) is 11.3 Å². The molecule has 4 nitrogen and oxygen atoms in total. The zero-order valence-corrected chi connectivity index (χ0v) is 10.3. The molecule has 3 N–H and O–H groups in total. The predicted octanol–water partition coefficient (Wildman–Crippen LogP) is 1.72. The van der Waals surface area contributed by atoms with Crippen LogP contribution in [-0.4, -0.2) is 18.8 Å². The Morgan fingerprint density at radius 2 is 2.25 bits per heavy atom. The highest BCUT2D eigenvalue weighted by Crippen LogP contribution is 2.15. The lowest BCUT2D eigenvalue weighted by atomic mass is 9.96. The lowest BCUT2D eigenvalue weighted by Gasteiger charge is -2.28. The molecule has 1 aromatic heterocycles. The van der Waals surface area contributed by atoms with Gasteiger partial charge in [0, 0.05) is 13.0 Å². The van der Waals surface area contributed by atoms with Crippen molar-refractivity contribution in [2.24, 2.45) is 11.8 Å². The van der Waals surface area contributed by atoms with E-state index in [4.69, 9.17) is 15.0 Å². The zero-order chi connectivity index (χ0) is 12.0. The first-order valence-electron chi connectivity index (χ1n) is 5.79. The van der Waals surface area contributed by atoms with E-state index in [1.807, 2.05) is 19.1 Å². The van der Waals surface area contributed by atoms with Crippen LogP contribution in [0, 0.1) is 5.92 Å². The van der Waals surface area contributed by atoms with Gasteiger partial charge in [0.2, 0.25) is 0 Å². The first kappa shape index (κ1) is 13.2. The van der Waals surface area contributed by atoms with Crippen molar-refractivity contribution in [2.75, 3.05) is 6.61 Å². The van der Waals surface area contributed by atoms with Gasteiger partial charge in [0.1, 0.15) is 5.76 Å². The third-order valence-electron chi connectivity index (χ3n) is 2.63. The smallest absolute Gasteiger partial charge is 0.105 e. The van der Waals surface area contributed by atoms with E-state index in [2.05, 4.69) is 19.3 Å². The molecular formula is C12H22N2O2. The van der Waals surface area contributed by atoms with E-state index in [1.54, 1.807) is 6.26 Å². The summed E-state index contributed by atoms with van der Waals surface area (Å²) in [7, 11) is 0. The maximum Gasteiger partial charge on any atom is 0.105 e. The normalized spacial score (nSPS) is 15.3. The Morgan fingerprint density at radius 1 is 1.50 bits per heavy atom. The quantitative estimate of drug-likeness (QED) is 0.549. The molecule has 0 spiro atoms. The van der Waals surface area contributed by atoms with Gasteiger partial charge in [0.05, 0.1) is 18.4 Å². The second-order valence-electron chi connectivity index (χ2n) is 4.22. The van der Waals surface area contributed by atoms with E-state index in [1.165, 1.54) is 0 Å². The molecule has 0 fully saturated rings. The molecule has 2 atom stereocenters. The van der Waals surface area contributed by atoms with Gasteiger partial charge in [0.25, 0.3) is 0 Å². The molecule has 0 amide bonds. The predicted molar refractivity (Wildman–Crippen MR) is 63.8 cm³/mol. The number of ether oxygens (including phenoxy) is 1. The molecule has 0 radical (unpaired) electrons. The summed E-state index contributed by atoms with van der Waals surface area (Å²) >= 11 is 0. The van der Waals surface area contributed by atoms with E-state index < -0.39 is 0 Å². The Morgan fingerprint density at radius 3 is 2.69 bits per heavy atom. The Kier molecular flexibility index (Phi) is 5.52. The molecule has 1 rings (SSSR count). The van der Waals surface area contributed by atoms with Crippen LogP contribution in [-0.2, 0) is 11.2 Å². The summed E-state index contributed by atoms with van der Waals surface area (Å²) in [5.74, 6) is 6.92. The second-order valence-corrected chi connectivity index (χ2v) is 4.22. The van der Waals surface area contributed by atoms with Gasteiger partial charge in [-0.2, -0.15) is 0 Å². The van der Waals surface area contributed by atoms with Crippen molar-refractivity contribution in [3.05, 3.63) is 24.2 Å². The van der Waals surface area contributed by atoms with Gasteiger partial charge in [-0.05, 0) is 25.0 Å². The maximum absolute atomic E-state index is 5.72. The second kappa shape index (κ2) is 6.68. The third kappa shape index (κ3) is 3.63. The summed E-state index contributed by atoms with van der Waals surface area (Å²) in [5, 5.41) is 0. The van der Waals surface area contributed by atoms with Crippen molar-refractivity contribution in [2.45, 2.75) is 39.3 Å². The highest BCUT2D eigenvalue weighted by molar-refractivity contribution is 5.01. The molecule has 16 heavy (non-hydrogen) atoms. The van der Waals surface area contributed by atoms with Crippen LogP contribution >= 0.6 is 0 Å². The molecule has 1 aromatic rings. The van der Waals surface area contributed by atoms with E-state index >= 15 is 0 Å². The molecule has 0 aromatic carbocycles. The summed E-state index contributed by atoms with van der Waals surface area (Å²) in [6.07, 6.45) is 2.51. The maximum atomic E-state index is 5.72. The number of hydrogen-bond acceptors (Lipinski definition) is 4. The lowest BCUT2D eigenvalue weighted by Crippen LogP contribution is -2.48. The molecule has 0 aliphatic heterocycles. The van der Waals surface area contributed by atoms with Crippen molar-refractivity contribution < 1.29 is 9.15 Å². The van der Waals surface area contributed by atoms with Crippen LogP contribution < -0.4 is 11.3 Å². The third-order valence-corrected chi connectivity index (χ3v) is 2.63. The average molecular weight is 226 g/mol. The van der Waals surface area contributed by atoms with Crippen LogP contribution in [0.15, 0.2) is 22.8 Å². The van der Waals surface area contributed by atoms with Crippen molar-refractivity contribution >= 4 is 0 Å². The Bertz CT molecular complexity index is 273. The van der Waals surface area contributed by atoms with E-state index in [0.717, 1.165) is 12.2 Å². The van der Waals surface area contributed by atoms with Gasteiger partial charge in [-0.15, -0.1) is 0 Å². The van der Waals surface area contributed by atoms with Crippen LogP contribution in [0.1, 0.15) is 26.5 Å². The van der Waals surface area contributed by atoms with Crippen LogP contribution in [0.3, 0.4) is 0 Å². The van der Waals surface area contributed by atoms with Crippen molar-refractivity contribution in [3.63, 3.8) is 0 Å². The fourth-order valence-corrected chi connectivity index (χ4v) is 1.88. The summed E-state index contributed by atoms with van der Waals surface area (Å²) < 4.78 is 11.0. The molecular weight excluding hydrogens is 204 g/mol. The molecule has 92 valence electrons. The first-order chi connectivity index (χ1) is 7.69. The fourth-order valence-electron chi connectivity index (χ4n) is 1.88. The van der Waals surface area contributed by atoms with Gasteiger partial charge in [-0.1, -0.05) is 13.8 Å². The van der Waals surface area contributed by atoms with Gasteiger partial charge >= 0.3 is 0 Å². The Hall–Kier alpha value is -0.840. The van der Waals surface area contributed by atoms with E-state index in [9.17, 15) is 0 Å². The van der Waals surface area contributed by atoms with E-state index in [0.29, 0.717) is 12.5 Å². The summed E-state index contributed by atoms with van der Waals surface area (Å²) in [6.45, 7) is 6.95. The highest BCUT2D eigenvalue weighted by atomic mass is 16.5. The van der Waals surface area contributed by atoms with Crippen LogP contribution in [0.5, 0.6) is 0 Å². The number of hydrazine groups is 1. The number of nitrogens with two attached hydrogens (primary N) is 1. The summed E-state index contributed by atoms with van der Waals surface area (Å²) in [6, 6.07) is 3.91.